The van der Waals surface area contributed by atoms with Crippen LogP contribution in [0.3, 0.4) is 0 Å². The number of halogens is 2. The summed E-state index contributed by atoms with van der Waals surface area (Å²) in [5.41, 5.74) is 3.07. The topological polar surface area (TPSA) is 107 Å². The van der Waals surface area contributed by atoms with Gasteiger partial charge < -0.3 is 13.7 Å². The number of hydrazone groups is 1. The van der Waals surface area contributed by atoms with E-state index < -0.39 is 5.91 Å². The number of carbonyl (C=O) groups excluding carboxylic acids is 1. The molecular formula is C21H13Cl2N3O5. The van der Waals surface area contributed by atoms with Crippen molar-refractivity contribution in [2.24, 2.45) is 5.10 Å². The zero-order valence-electron chi connectivity index (χ0n) is 15.7. The molecule has 31 heavy (non-hydrogen) atoms. The number of ether oxygens (including phenoxy) is 1. The number of nitrogens with one attached hydrogen (secondary N) is 1. The number of carbonyl (C=O) groups is 1. The van der Waals surface area contributed by atoms with Gasteiger partial charge in [0, 0.05) is 16.1 Å². The van der Waals surface area contributed by atoms with E-state index in [1.807, 2.05) is 0 Å². The lowest BCUT2D eigenvalue weighted by Gasteiger charge is -2.09. The van der Waals surface area contributed by atoms with E-state index in [4.69, 9.17) is 36.9 Å². The van der Waals surface area contributed by atoms with E-state index in [1.54, 1.807) is 36.4 Å². The molecule has 1 amide bonds. The average Bonchev–Trinajstić information content (AvgIpc) is 3.29. The summed E-state index contributed by atoms with van der Waals surface area (Å²) in [7, 11) is 0. The highest BCUT2D eigenvalue weighted by molar-refractivity contribution is 6.31. The number of aromatic nitrogens is 1. The third-order valence-corrected chi connectivity index (χ3v) is 4.63. The number of benzene rings is 2. The van der Waals surface area contributed by atoms with Crippen LogP contribution in [0.1, 0.15) is 5.56 Å². The maximum absolute atomic E-state index is 12.5. The van der Waals surface area contributed by atoms with Gasteiger partial charge in [-0.3, -0.25) is 9.59 Å². The second-order valence-corrected chi connectivity index (χ2v) is 7.13. The molecule has 4 aromatic rings. The molecule has 0 spiro atoms. The first-order chi connectivity index (χ1) is 15.0. The molecule has 0 saturated heterocycles. The molecule has 156 valence electrons. The number of nitrogens with zero attached hydrogens (tertiary/aromatic N) is 2. The molecule has 8 nitrogen and oxygen atoms in total. The minimum Gasteiger partial charge on any atom is -0.483 e. The fourth-order valence-electron chi connectivity index (χ4n) is 2.73. The largest absolute Gasteiger partial charge is 0.483 e. The third-order valence-electron chi connectivity index (χ3n) is 4.16. The van der Waals surface area contributed by atoms with Crippen molar-refractivity contribution >= 4 is 46.3 Å². The molecule has 0 aliphatic heterocycles. The molecule has 0 atom stereocenters. The number of amides is 1. The predicted molar refractivity (Wildman–Crippen MR) is 116 cm³/mol. The Hall–Kier alpha value is -3.62. The SMILES string of the molecule is O=C(COc1ccc(Cl)cc1-c1ccno1)N/N=C/c1coc2ccc(Cl)cc2c1=O. The van der Waals surface area contributed by atoms with Crippen molar-refractivity contribution in [2.45, 2.75) is 0 Å². The fraction of sp³-hybridized carbons (Fsp3) is 0.0476. The molecule has 0 fully saturated rings. The van der Waals surface area contributed by atoms with E-state index in [9.17, 15) is 9.59 Å². The summed E-state index contributed by atoms with van der Waals surface area (Å²) in [4.78, 5) is 24.6. The van der Waals surface area contributed by atoms with Gasteiger partial charge in [0.2, 0.25) is 5.43 Å². The van der Waals surface area contributed by atoms with Crippen molar-refractivity contribution in [3.8, 4) is 17.1 Å². The van der Waals surface area contributed by atoms with Gasteiger partial charge in [-0.1, -0.05) is 28.4 Å². The van der Waals surface area contributed by atoms with Gasteiger partial charge in [0.25, 0.3) is 5.91 Å². The number of rotatable bonds is 6. The summed E-state index contributed by atoms with van der Waals surface area (Å²) in [5, 5.41) is 8.63. The molecule has 1 N–H and O–H groups in total. The van der Waals surface area contributed by atoms with Gasteiger partial charge in [-0.25, -0.2) is 5.43 Å². The third kappa shape index (κ3) is 4.76. The highest BCUT2D eigenvalue weighted by atomic mass is 35.5. The molecule has 2 heterocycles. The normalized spacial score (nSPS) is 11.2. The smallest absolute Gasteiger partial charge is 0.277 e. The number of hydrogen-bond acceptors (Lipinski definition) is 7. The average molecular weight is 458 g/mol. The van der Waals surface area contributed by atoms with Crippen molar-refractivity contribution in [3.63, 3.8) is 0 Å². The van der Waals surface area contributed by atoms with Crippen LogP contribution in [-0.2, 0) is 4.79 Å². The first-order valence-corrected chi connectivity index (χ1v) is 9.63. The van der Waals surface area contributed by atoms with Crippen LogP contribution in [0, 0.1) is 0 Å². The molecular weight excluding hydrogens is 445 g/mol. The van der Waals surface area contributed by atoms with Crippen LogP contribution in [0.25, 0.3) is 22.3 Å². The molecule has 0 unspecified atom stereocenters. The summed E-state index contributed by atoms with van der Waals surface area (Å²) >= 11 is 11.9. The standard InChI is InChI=1S/C21H13Cl2N3O5/c22-13-1-3-17(15(7-13)19-5-6-25-31-19)30-11-20(27)26-24-9-12-10-29-18-4-2-14(23)8-16(18)21(12)28/h1-10H,11H2,(H,26,27)/b24-9+. The Labute approximate surface area is 185 Å². The molecule has 0 bridgehead atoms. The van der Waals surface area contributed by atoms with Crippen LogP contribution < -0.4 is 15.6 Å². The quantitative estimate of drug-likeness (QED) is 0.341. The summed E-state index contributed by atoms with van der Waals surface area (Å²) in [5.74, 6) is 0.286. The zero-order valence-corrected chi connectivity index (χ0v) is 17.2. The second-order valence-electron chi connectivity index (χ2n) is 6.26. The summed E-state index contributed by atoms with van der Waals surface area (Å²) in [6.07, 6.45) is 3.92. The van der Waals surface area contributed by atoms with E-state index in [-0.39, 0.29) is 17.6 Å². The van der Waals surface area contributed by atoms with Gasteiger partial charge >= 0.3 is 0 Å². The molecule has 0 saturated carbocycles. The molecule has 10 heteroatoms. The van der Waals surface area contributed by atoms with E-state index in [1.165, 1.54) is 24.7 Å². The first-order valence-electron chi connectivity index (χ1n) is 8.87. The zero-order chi connectivity index (χ0) is 21.8. The minimum absolute atomic E-state index is 0.154. The highest BCUT2D eigenvalue weighted by Gasteiger charge is 2.12. The van der Waals surface area contributed by atoms with Crippen molar-refractivity contribution in [1.82, 2.24) is 10.6 Å². The van der Waals surface area contributed by atoms with Crippen molar-refractivity contribution in [3.05, 3.63) is 80.8 Å². The number of fused-ring (bicyclic) bond motifs is 1. The van der Waals surface area contributed by atoms with Crippen LogP contribution in [-0.4, -0.2) is 23.9 Å². The first kappa shape index (κ1) is 20.6. The van der Waals surface area contributed by atoms with Crippen LogP contribution >= 0.6 is 23.2 Å². The van der Waals surface area contributed by atoms with Gasteiger partial charge in [-0.2, -0.15) is 5.10 Å². The Morgan fingerprint density at radius 2 is 1.97 bits per heavy atom. The summed E-state index contributed by atoms with van der Waals surface area (Å²) in [6.45, 7) is -0.331. The molecule has 4 rings (SSSR count). The maximum atomic E-state index is 12.5. The van der Waals surface area contributed by atoms with Crippen LogP contribution in [0.15, 0.2) is 73.8 Å². The van der Waals surface area contributed by atoms with Crippen molar-refractivity contribution in [2.75, 3.05) is 6.61 Å². The monoisotopic (exact) mass is 457 g/mol. The molecule has 0 aliphatic carbocycles. The van der Waals surface area contributed by atoms with Gasteiger partial charge in [0.05, 0.1) is 28.9 Å². The van der Waals surface area contributed by atoms with E-state index >= 15 is 0 Å². The Bertz CT molecular complexity index is 1330. The van der Waals surface area contributed by atoms with Crippen molar-refractivity contribution < 1.29 is 18.5 Å². The second kappa shape index (κ2) is 9.03. The van der Waals surface area contributed by atoms with Gasteiger partial charge in [-0.15, -0.1) is 0 Å². The van der Waals surface area contributed by atoms with Crippen LogP contribution in [0.2, 0.25) is 10.0 Å². The van der Waals surface area contributed by atoms with Crippen LogP contribution in [0.4, 0.5) is 0 Å². The van der Waals surface area contributed by atoms with Gasteiger partial charge in [0.15, 0.2) is 12.4 Å². The molecule has 2 aromatic carbocycles. The Kier molecular flexibility index (Phi) is 6.01. The fourth-order valence-corrected chi connectivity index (χ4v) is 3.08. The predicted octanol–water partition coefficient (Wildman–Crippen LogP) is 4.28. The summed E-state index contributed by atoms with van der Waals surface area (Å²) in [6, 6.07) is 11.2. The lowest BCUT2D eigenvalue weighted by atomic mass is 10.1. The number of hydrogen-bond donors (Lipinski definition) is 1. The molecule has 0 radical (unpaired) electrons. The summed E-state index contributed by atoms with van der Waals surface area (Å²) < 4.78 is 16.1. The molecule has 0 aliphatic rings. The Morgan fingerprint density at radius 1 is 1.16 bits per heavy atom. The Balaban J connectivity index is 1.42. The van der Waals surface area contributed by atoms with E-state index in [0.29, 0.717) is 38.1 Å². The molecule has 2 aromatic heterocycles. The van der Waals surface area contributed by atoms with E-state index in [0.717, 1.165) is 0 Å². The van der Waals surface area contributed by atoms with E-state index in [2.05, 4.69) is 15.7 Å². The van der Waals surface area contributed by atoms with Crippen molar-refractivity contribution in [1.29, 1.82) is 0 Å². The lowest BCUT2D eigenvalue weighted by Crippen LogP contribution is -2.25. The van der Waals surface area contributed by atoms with Gasteiger partial charge in [0.1, 0.15) is 17.6 Å². The highest BCUT2D eigenvalue weighted by Crippen LogP contribution is 2.32. The van der Waals surface area contributed by atoms with Gasteiger partial charge in [-0.05, 0) is 36.4 Å². The Morgan fingerprint density at radius 3 is 2.77 bits per heavy atom. The maximum Gasteiger partial charge on any atom is 0.277 e. The van der Waals surface area contributed by atoms with Crippen LogP contribution in [0.5, 0.6) is 5.75 Å². The lowest BCUT2D eigenvalue weighted by molar-refractivity contribution is -0.123. The minimum atomic E-state index is -0.539.